The Balaban J connectivity index is 2.32. The quantitative estimate of drug-likeness (QED) is 0.429. The molecule has 0 saturated carbocycles. The minimum atomic E-state index is -0.134. The average molecular weight is 224 g/mol. The van der Waals surface area contributed by atoms with Gasteiger partial charge in [0, 0.05) is 26.6 Å². The molecule has 4 N–H and O–H groups in total. The molecule has 5 nitrogen and oxygen atoms in total. The lowest BCUT2D eigenvalue weighted by Gasteiger charge is -2.05. The molecule has 1 amide bonds. The van der Waals surface area contributed by atoms with E-state index in [2.05, 4.69) is 10.6 Å². The molecule has 0 spiro atoms. The van der Waals surface area contributed by atoms with Gasteiger partial charge in [-0.1, -0.05) is 6.07 Å². The standard InChI is InChI=1S/C11H16N2O3/c1-12-11(16)4-5-13-7-8-2-3-9(14)10(15)6-8/h2-3,6,13-15H,4-5,7H2,1H3,(H,12,16). The van der Waals surface area contributed by atoms with Gasteiger partial charge in [0.1, 0.15) is 0 Å². The van der Waals surface area contributed by atoms with Gasteiger partial charge in [-0.25, -0.2) is 0 Å². The highest BCUT2D eigenvalue weighted by molar-refractivity contribution is 5.75. The number of phenols is 2. The molecule has 16 heavy (non-hydrogen) atoms. The number of hydrogen-bond donors (Lipinski definition) is 4. The van der Waals surface area contributed by atoms with E-state index in [9.17, 15) is 9.90 Å². The molecule has 0 radical (unpaired) electrons. The lowest BCUT2D eigenvalue weighted by Crippen LogP contribution is -2.24. The number of aromatic hydroxyl groups is 2. The van der Waals surface area contributed by atoms with E-state index >= 15 is 0 Å². The molecule has 0 unspecified atom stereocenters. The van der Waals surface area contributed by atoms with E-state index in [1.165, 1.54) is 12.1 Å². The van der Waals surface area contributed by atoms with E-state index in [1.807, 2.05) is 0 Å². The molecular formula is C11H16N2O3. The summed E-state index contributed by atoms with van der Waals surface area (Å²) >= 11 is 0. The molecule has 0 bridgehead atoms. The number of hydrogen-bond acceptors (Lipinski definition) is 4. The first-order valence-electron chi connectivity index (χ1n) is 5.05. The molecule has 0 fully saturated rings. The number of carbonyl (C=O) groups excluding carboxylic acids is 1. The number of amides is 1. The summed E-state index contributed by atoms with van der Waals surface area (Å²) in [6.07, 6.45) is 0.417. The summed E-state index contributed by atoms with van der Waals surface area (Å²) in [5.74, 6) is -0.277. The summed E-state index contributed by atoms with van der Waals surface area (Å²) in [5, 5.41) is 23.9. The van der Waals surface area contributed by atoms with Crippen molar-refractivity contribution < 1.29 is 15.0 Å². The van der Waals surface area contributed by atoms with Gasteiger partial charge in [0.2, 0.25) is 5.91 Å². The second-order valence-corrected chi connectivity index (χ2v) is 3.42. The van der Waals surface area contributed by atoms with Crippen molar-refractivity contribution in [3.63, 3.8) is 0 Å². The van der Waals surface area contributed by atoms with Crippen LogP contribution in [0.2, 0.25) is 0 Å². The minimum Gasteiger partial charge on any atom is -0.504 e. The zero-order chi connectivity index (χ0) is 12.0. The predicted octanol–water partition coefficient (Wildman–Crippen LogP) is 0.323. The Bertz CT molecular complexity index is 366. The first kappa shape index (κ1) is 12.3. The number of nitrogens with one attached hydrogen (secondary N) is 2. The van der Waals surface area contributed by atoms with Crippen LogP contribution in [0.3, 0.4) is 0 Å². The van der Waals surface area contributed by atoms with Gasteiger partial charge < -0.3 is 20.8 Å². The van der Waals surface area contributed by atoms with Crippen LogP contribution in [-0.2, 0) is 11.3 Å². The Morgan fingerprint density at radius 1 is 1.31 bits per heavy atom. The van der Waals surface area contributed by atoms with Gasteiger partial charge >= 0.3 is 0 Å². The average Bonchev–Trinajstić information content (AvgIpc) is 2.28. The zero-order valence-corrected chi connectivity index (χ0v) is 9.16. The first-order valence-corrected chi connectivity index (χ1v) is 5.05. The highest BCUT2D eigenvalue weighted by Gasteiger charge is 2.01. The fourth-order valence-corrected chi connectivity index (χ4v) is 1.24. The van der Waals surface area contributed by atoms with Crippen LogP contribution in [0.1, 0.15) is 12.0 Å². The van der Waals surface area contributed by atoms with Crippen molar-refractivity contribution in [3.05, 3.63) is 23.8 Å². The highest BCUT2D eigenvalue weighted by Crippen LogP contribution is 2.24. The summed E-state index contributed by atoms with van der Waals surface area (Å²) in [7, 11) is 1.60. The Labute approximate surface area is 94.1 Å². The van der Waals surface area contributed by atoms with Crippen molar-refractivity contribution in [2.24, 2.45) is 0 Å². The Morgan fingerprint density at radius 3 is 2.69 bits per heavy atom. The van der Waals surface area contributed by atoms with Crippen LogP contribution in [0, 0.1) is 0 Å². The second kappa shape index (κ2) is 5.97. The number of benzene rings is 1. The van der Waals surface area contributed by atoms with Crippen LogP contribution in [-0.4, -0.2) is 29.7 Å². The fraction of sp³-hybridized carbons (Fsp3) is 0.364. The SMILES string of the molecule is CNC(=O)CCNCc1ccc(O)c(O)c1. The summed E-state index contributed by atoms with van der Waals surface area (Å²) in [6.45, 7) is 1.12. The number of carbonyl (C=O) groups is 1. The molecule has 0 aliphatic carbocycles. The lowest BCUT2D eigenvalue weighted by molar-refractivity contribution is -0.120. The Hall–Kier alpha value is -1.75. The molecule has 0 aliphatic heterocycles. The molecule has 0 heterocycles. The topological polar surface area (TPSA) is 81.6 Å². The first-order chi connectivity index (χ1) is 7.63. The Kier molecular flexibility index (Phi) is 4.60. The van der Waals surface area contributed by atoms with Crippen LogP contribution >= 0.6 is 0 Å². The van der Waals surface area contributed by atoms with Crippen molar-refractivity contribution >= 4 is 5.91 Å². The van der Waals surface area contributed by atoms with Crippen molar-refractivity contribution in [1.29, 1.82) is 0 Å². The molecule has 0 aromatic heterocycles. The van der Waals surface area contributed by atoms with Crippen LogP contribution in [0.25, 0.3) is 0 Å². The van der Waals surface area contributed by atoms with Crippen molar-refractivity contribution in [1.82, 2.24) is 10.6 Å². The summed E-state index contributed by atoms with van der Waals surface area (Å²) < 4.78 is 0. The maximum atomic E-state index is 10.9. The van der Waals surface area contributed by atoms with Gasteiger partial charge in [-0.3, -0.25) is 4.79 Å². The van der Waals surface area contributed by atoms with Gasteiger partial charge in [-0.2, -0.15) is 0 Å². The highest BCUT2D eigenvalue weighted by atomic mass is 16.3. The van der Waals surface area contributed by atoms with Crippen molar-refractivity contribution in [2.75, 3.05) is 13.6 Å². The molecule has 88 valence electrons. The van der Waals surface area contributed by atoms with Gasteiger partial charge in [0.25, 0.3) is 0 Å². The predicted molar refractivity (Wildman–Crippen MR) is 60.2 cm³/mol. The van der Waals surface area contributed by atoms with Gasteiger partial charge in [0.05, 0.1) is 0 Å². The zero-order valence-electron chi connectivity index (χ0n) is 9.16. The second-order valence-electron chi connectivity index (χ2n) is 3.42. The van der Waals surface area contributed by atoms with Crippen LogP contribution < -0.4 is 10.6 Å². The molecule has 1 rings (SSSR count). The van der Waals surface area contributed by atoms with E-state index in [1.54, 1.807) is 13.1 Å². The third-order valence-electron chi connectivity index (χ3n) is 2.18. The normalized spacial score (nSPS) is 10.1. The van der Waals surface area contributed by atoms with Gasteiger partial charge in [0.15, 0.2) is 11.5 Å². The molecule has 0 saturated heterocycles. The maximum Gasteiger partial charge on any atom is 0.221 e. The van der Waals surface area contributed by atoms with Gasteiger partial charge in [-0.05, 0) is 17.7 Å². The third-order valence-corrected chi connectivity index (χ3v) is 2.18. The molecule has 5 heteroatoms. The molecule has 1 aromatic rings. The number of phenolic OH excluding ortho intramolecular Hbond substituents is 2. The van der Waals surface area contributed by atoms with E-state index in [4.69, 9.17) is 5.11 Å². The van der Waals surface area contributed by atoms with Gasteiger partial charge in [-0.15, -0.1) is 0 Å². The lowest BCUT2D eigenvalue weighted by atomic mass is 10.2. The van der Waals surface area contributed by atoms with Crippen LogP contribution in [0.15, 0.2) is 18.2 Å². The van der Waals surface area contributed by atoms with E-state index in [0.29, 0.717) is 19.5 Å². The van der Waals surface area contributed by atoms with Crippen molar-refractivity contribution in [3.8, 4) is 11.5 Å². The third kappa shape index (κ3) is 3.78. The van der Waals surface area contributed by atoms with E-state index in [-0.39, 0.29) is 17.4 Å². The molecular weight excluding hydrogens is 208 g/mol. The fourth-order valence-electron chi connectivity index (χ4n) is 1.24. The minimum absolute atomic E-state index is 0.0129. The van der Waals surface area contributed by atoms with E-state index < -0.39 is 0 Å². The smallest absolute Gasteiger partial charge is 0.221 e. The van der Waals surface area contributed by atoms with E-state index in [0.717, 1.165) is 5.56 Å². The summed E-state index contributed by atoms with van der Waals surface area (Å²) in [5.41, 5.74) is 0.854. The van der Waals surface area contributed by atoms with Crippen LogP contribution in [0.5, 0.6) is 11.5 Å². The largest absolute Gasteiger partial charge is 0.504 e. The molecule has 0 atom stereocenters. The van der Waals surface area contributed by atoms with Crippen molar-refractivity contribution in [2.45, 2.75) is 13.0 Å². The number of rotatable bonds is 5. The monoisotopic (exact) mass is 224 g/mol. The molecule has 1 aromatic carbocycles. The molecule has 0 aliphatic rings. The summed E-state index contributed by atoms with van der Waals surface area (Å²) in [4.78, 5) is 10.9. The Morgan fingerprint density at radius 2 is 2.06 bits per heavy atom. The maximum absolute atomic E-state index is 10.9. The summed E-state index contributed by atoms with van der Waals surface area (Å²) in [6, 6.07) is 4.63. The van der Waals surface area contributed by atoms with Crippen LogP contribution in [0.4, 0.5) is 0 Å².